The van der Waals surface area contributed by atoms with Gasteiger partial charge in [0.2, 0.25) is 15.9 Å². The minimum Gasteiger partial charge on any atom is -0.486 e. The first kappa shape index (κ1) is 24.5. The number of nitrogens with one attached hydrogen (secondary N) is 1. The second kappa shape index (κ2) is 10.8. The van der Waals surface area contributed by atoms with Crippen LogP contribution in [0.25, 0.3) is 0 Å². The average Bonchev–Trinajstić information content (AvgIpc) is 2.87. The Kier molecular flexibility index (Phi) is 7.75. The number of amides is 1. The molecule has 1 N–H and O–H groups in total. The molecule has 2 aromatic carbocycles. The van der Waals surface area contributed by atoms with Gasteiger partial charge in [-0.05, 0) is 49.7 Å². The Bertz CT molecular complexity index is 1110. The molecule has 2 aromatic rings. The monoisotopic (exact) mass is 487 g/mol. The lowest BCUT2D eigenvalue weighted by atomic mass is 9.97. The van der Waals surface area contributed by atoms with Gasteiger partial charge in [-0.3, -0.25) is 4.79 Å². The molecular weight excluding hydrogens is 454 g/mol. The molecule has 0 radical (unpaired) electrons. The highest BCUT2D eigenvalue weighted by Crippen LogP contribution is 2.34. The van der Waals surface area contributed by atoms with E-state index in [4.69, 9.17) is 9.47 Å². The van der Waals surface area contributed by atoms with Crippen molar-refractivity contribution in [3.8, 4) is 11.5 Å². The number of carbonyl (C=O) groups excluding carboxylic acids is 1. The minimum absolute atomic E-state index is 0.0209. The highest BCUT2D eigenvalue weighted by atomic mass is 32.2. The van der Waals surface area contributed by atoms with E-state index in [2.05, 4.69) is 36.3 Å². The first-order valence-corrected chi connectivity index (χ1v) is 13.2. The Labute approximate surface area is 201 Å². The Morgan fingerprint density at radius 2 is 1.76 bits per heavy atom. The van der Waals surface area contributed by atoms with Crippen molar-refractivity contribution in [3.05, 3.63) is 53.6 Å². The maximum Gasteiger partial charge on any atom is 0.243 e. The van der Waals surface area contributed by atoms with Crippen molar-refractivity contribution in [1.29, 1.82) is 0 Å². The van der Waals surface area contributed by atoms with Crippen LogP contribution in [0.1, 0.15) is 30.9 Å². The molecule has 9 heteroatoms. The van der Waals surface area contributed by atoms with Crippen LogP contribution in [-0.4, -0.2) is 63.4 Å². The Morgan fingerprint density at radius 1 is 1.06 bits per heavy atom. The molecule has 4 rings (SSSR count). The Hall–Kier alpha value is -2.62. The number of hydrogen-bond acceptors (Lipinski definition) is 6. The lowest BCUT2D eigenvalue weighted by Crippen LogP contribution is -2.42. The fraction of sp³-hybridized carbons (Fsp3) is 0.480. The molecule has 0 spiro atoms. The van der Waals surface area contributed by atoms with Gasteiger partial charge in [0, 0.05) is 38.2 Å². The zero-order chi connectivity index (χ0) is 24.1. The van der Waals surface area contributed by atoms with Crippen molar-refractivity contribution in [1.82, 2.24) is 14.5 Å². The maximum atomic E-state index is 13.1. The minimum atomic E-state index is -3.65. The molecule has 0 saturated carbocycles. The largest absolute Gasteiger partial charge is 0.486 e. The van der Waals surface area contributed by atoms with Crippen molar-refractivity contribution in [2.24, 2.45) is 5.92 Å². The second-order valence-electron chi connectivity index (χ2n) is 8.85. The third-order valence-corrected chi connectivity index (χ3v) is 8.32. The van der Waals surface area contributed by atoms with E-state index < -0.39 is 10.0 Å². The molecule has 2 heterocycles. The number of rotatable bonds is 8. The van der Waals surface area contributed by atoms with E-state index in [-0.39, 0.29) is 16.7 Å². The number of fused-ring (bicyclic) bond motifs is 1. The molecule has 0 bridgehead atoms. The first-order valence-electron chi connectivity index (χ1n) is 11.8. The van der Waals surface area contributed by atoms with E-state index in [1.54, 1.807) is 12.1 Å². The van der Waals surface area contributed by atoms with Gasteiger partial charge in [-0.15, -0.1) is 0 Å². The van der Waals surface area contributed by atoms with Gasteiger partial charge in [-0.25, -0.2) is 8.42 Å². The van der Waals surface area contributed by atoms with E-state index in [0.29, 0.717) is 57.2 Å². The fourth-order valence-corrected chi connectivity index (χ4v) is 5.77. The van der Waals surface area contributed by atoms with E-state index >= 15 is 0 Å². The van der Waals surface area contributed by atoms with E-state index in [1.807, 2.05) is 12.1 Å². The highest BCUT2D eigenvalue weighted by molar-refractivity contribution is 7.89. The summed E-state index contributed by atoms with van der Waals surface area (Å²) in [5.74, 6) is 0.795. The van der Waals surface area contributed by atoms with Gasteiger partial charge in [-0.1, -0.05) is 31.2 Å². The van der Waals surface area contributed by atoms with Gasteiger partial charge in [-0.2, -0.15) is 4.31 Å². The lowest BCUT2D eigenvalue weighted by Gasteiger charge is -2.31. The summed E-state index contributed by atoms with van der Waals surface area (Å²) in [6.07, 6.45) is 0.994. The topological polar surface area (TPSA) is 88.2 Å². The molecule has 2 aliphatic rings. The van der Waals surface area contributed by atoms with Crippen LogP contribution in [0.5, 0.6) is 11.5 Å². The quantitative estimate of drug-likeness (QED) is 0.616. The predicted molar refractivity (Wildman–Crippen MR) is 129 cm³/mol. The first-order chi connectivity index (χ1) is 16.4. The number of benzene rings is 2. The van der Waals surface area contributed by atoms with Gasteiger partial charge in [0.1, 0.15) is 13.2 Å². The molecule has 1 amide bonds. The smallest absolute Gasteiger partial charge is 0.243 e. The number of carbonyl (C=O) groups is 1. The fourth-order valence-electron chi connectivity index (χ4n) is 4.29. The number of hydrogen-bond donors (Lipinski definition) is 1. The summed E-state index contributed by atoms with van der Waals surface area (Å²) in [6, 6.07) is 12.9. The van der Waals surface area contributed by atoms with Crippen LogP contribution in [0.2, 0.25) is 0 Å². The molecule has 0 atom stereocenters. The number of ether oxygens (including phenoxy) is 2. The normalized spacial score (nSPS) is 17.0. The van der Waals surface area contributed by atoms with E-state index in [9.17, 15) is 13.2 Å². The molecule has 2 aliphatic heterocycles. The standard InChI is InChI=1S/C25H33N3O5S/c1-3-27(2)18-20-6-4-5-19(15-20)17-26-25(29)21-9-11-28(12-10-21)34(30,31)22-7-8-23-24(16-22)33-14-13-32-23/h4-8,15-16,21H,3,9-14,17-18H2,1-2H3,(H,26,29). The molecule has 0 aliphatic carbocycles. The molecule has 184 valence electrons. The number of sulfonamides is 1. The van der Waals surface area contributed by atoms with Crippen LogP contribution >= 0.6 is 0 Å². The summed E-state index contributed by atoms with van der Waals surface area (Å²) in [6.45, 7) is 5.92. The van der Waals surface area contributed by atoms with Crippen molar-refractivity contribution >= 4 is 15.9 Å². The van der Waals surface area contributed by atoms with Gasteiger partial charge >= 0.3 is 0 Å². The number of nitrogens with zero attached hydrogens (tertiary/aromatic N) is 2. The maximum absolute atomic E-state index is 13.1. The van der Waals surface area contributed by atoms with Crippen LogP contribution in [0.3, 0.4) is 0 Å². The van der Waals surface area contributed by atoms with Crippen molar-refractivity contribution in [2.75, 3.05) is 39.9 Å². The summed E-state index contributed by atoms with van der Waals surface area (Å²) in [5, 5.41) is 3.03. The van der Waals surface area contributed by atoms with Gasteiger partial charge in [0.25, 0.3) is 0 Å². The third-order valence-electron chi connectivity index (χ3n) is 6.43. The highest BCUT2D eigenvalue weighted by Gasteiger charge is 2.32. The molecule has 34 heavy (non-hydrogen) atoms. The van der Waals surface area contributed by atoms with Crippen LogP contribution in [0, 0.1) is 5.92 Å². The Morgan fingerprint density at radius 3 is 2.50 bits per heavy atom. The third kappa shape index (κ3) is 5.71. The average molecular weight is 488 g/mol. The Balaban J connectivity index is 1.30. The molecule has 0 unspecified atom stereocenters. The van der Waals surface area contributed by atoms with Gasteiger partial charge in [0.05, 0.1) is 4.90 Å². The van der Waals surface area contributed by atoms with Crippen LogP contribution in [0.4, 0.5) is 0 Å². The summed E-state index contributed by atoms with van der Waals surface area (Å²) in [5.41, 5.74) is 2.28. The zero-order valence-electron chi connectivity index (χ0n) is 19.8. The van der Waals surface area contributed by atoms with Crippen LogP contribution < -0.4 is 14.8 Å². The summed E-state index contributed by atoms with van der Waals surface area (Å²) >= 11 is 0. The molecule has 0 aromatic heterocycles. The van der Waals surface area contributed by atoms with Gasteiger partial charge < -0.3 is 19.7 Å². The van der Waals surface area contributed by atoms with Gasteiger partial charge in [0.15, 0.2) is 11.5 Å². The van der Waals surface area contributed by atoms with Crippen LogP contribution in [-0.2, 0) is 27.9 Å². The molecule has 1 saturated heterocycles. The van der Waals surface area contributed by atoms with Crippen molar-refractivity contribution < 1.29 is 22.7 Å². The summed E-state index contributed by atoms with van der Waals surface area (Å²) in [4.78, 5) is 15.2. The van der Waals surface area contributed by atoms with E-state index in [1.165, 1.54) is 15.9 Å². The number of piperidine rings is 1. The lowest BCUT2D eigenvalue weighted by molar-refractivity contribution is -0.126. The SMILES string of the molecule is CCN(C)Cc1cccc(CNC(=O)C2CCN(S(=O)(=O)c3ccc4c(c3)OCCO4)CC2)c1. The van der Waals surface area contributed by atoms with E-state index in [0.717, 1.165) is 18.7 Å². The van der Waals surface area contributed by atoms with Crippen molar-refractivity contribution in [2.45, 2.75) is 37.8 Å². The van der Waals surface area contributed by atoms with Crippen LogP contribution in [0.15, 0.2) is 47.4 Å². The molecular formula is C25H33N3O5S. The second-order valence-corrected chi connectivity index (χ2v) is 10.8. The molecule has 8 nitrogen and oxygen atoms in total. The summed E-state index contributed by atoms with van der Waals surface area (Å²) in [7, 11) is -1.58. The zero-order valence-corrected chi connectivity index (χ0v) is 20.6. The van der Waals surface area contributed by atoms with Crippen molar-refractivity contribution in [3.63, 3.8) is 0 Å². The predicted octanol–water partition coefficient (Wildman–Crippen LogP) is 2.63. The summed E-state index contributed by atoms with van der Waals surface area (Å²) < 4.78 is 38.7. The molecule has 1 fully saturated rings.